The van der Waals surface area contributed by atoms with Gasteiger partial charge in [0.15, 0.2) is 5.78 Å². The van der Waals surface area contributed by atoms with Gasteiger partial charge < -0.3 is 21.2 Å². The Morgan fingerprint density at radius 3 is 2.00 bits per heavy atom. The second-order valence-electron chi connectivity index (χ2n) is 10.6. The number of unbranched alkanes of at least 4 members (excludes halogenated alkanes) is 12. The third kappa shape index (κ3) is 14.3. The van der Waals surface area contributed by atoms with Crippen molar-refractivity contribution in [3.05, 3.63) is 22.2 Å². The first kappa shape index (κ1) is 32.8. The SMILES string of the molecule is CCCCCCCCCCCCCCCC(COC(=O)[C@@H](N)[C@@H](C)CC)CC(=O)c1c[nH]c(=O)nc1N. The van der Waals surface area contributed by atoms with Gasteiger partial charge in [0.25, 0.3) is 0 Å². The third-order valence-corrected chi connectivity index (χ3v) is 7.32. The van der Waals surface area contributed by atoms with Gasteiger partial charge in [0.1, 0.15) is 11.9 Å². The largest absolute Gasteiger partial charge is 0.464 e. The van der Waals surface area contributed by atoms with Gasteiger partial charge in [0.2, 0.25) is 0 Å². The molecule has 0 aromatic carbocycles. The van der Waals surface area contributed by atoms with Gasteiger partial charge in [0.05, 0.1) is 12.2 Å². The zero-order valence-corrected chi connectivity index (χ0v) is 23.6. The number of carbonyl (C=O) groups excluding carboxylic acids is 2. The van der Waals surface area contributed by atoms with Crippen LogP contribution in [0.3, 0.4) is 0 Å². The number of Topliss-reactive ketones (excluding diaryl/α,β-unsaturated/α-hetero) is 1. The third-order valence-electron chi connectivity index (χ3n) is 7.32. The number of aromatic nitrogens is 2. The molecule has 5 N–H and O–H groups in total. The summed E-state index contributed by atoms with van der Waals surface area (Å²) in [7, 11) is 0. The highest BCUT2D eigenvalue weighted by atomic mass is 16.5. The van der Waals surface area contributed by atoms with Crippen LogP contribution >= 0.6 is 0 Å². The molecule has 1 heterocycles. The van der Waals surface area contributed by atoms with Crippen LogP contribution in [0.15, 0.2) is 11.0 Å². The van der Waals surface area contributed by atoms with Crippen molar-refractivity contribution in [1.82, 2.24) is 9.97 Å². The maximum atomic E-state index is 12.8. The van der Waals surface area contributed by atoms with Gasteiger partial charge >= 0.3 is 11.7 Å². The summed E-state index contributed by atoms with van der Waals surface area (Å²) in [5.74, 6) is -0.838. The minimum atomic E-state index is -0.670. The van der Waals surface area contributed by atoms with Crippen molar-refractivity contribution in [1.29, 1.82) is 0 Å². The summed E-state index contributed by atoms with van der Waals surface area (Å²) in [6.07, 6.45) is 19.6. The number of anilines is 1. The summed E-state index contributed by atoms with van der Waals surface area (Å²) in [5.41, 5.74) is 11.4. The van der Waals surface area contributed by atoms with E-state index in [1.807, 2.05) is 13.8 Å². The van der Waals surface area contributed by atoms with Crippen LogP contribution in [0.4, 0.5) is 5.82 Å². The van der Waals surface area contributed by atoms with Gasteiger partial charge in [-0.25, -0.2) is 4.79 Å². The monoisotopic (exact) mass is 520 g/mol. The number of ketones is 1. The lowest BCUT2D eigenvalue weighted by Gasteiger charge is -2.20. The summed E-state index contributed by atoms with van der Waals surface area (Å²) in [6.45, 7) is 6.30. The highest BCUT2D eigenvalue weighted by molar-refractivity contribution is 5.99. The van der Waals surface area contributed by atoms with Gasteiger partial charge in [-0.1, -0.05) is 111 Å². The molecule has 8 nitrogen and oxygen atoms in total. The summed E-state index contributed by atoms with van der Waals surface area (Å²) in [5, 5.41) is 0. The number of hydrogen-bond donors (Lipinski definition) is 3. The first-order chi connectivity index (χ1) is 17.8. The van der Waals surface area contributed by atoms with Crippen molar-refractivity contribution in [2.24, 2.45) is 17.6 Å². The number of aromatic amines is 1. The maximum absolute atomic E-state index is 12.8. The van der Waals surface area contributed by atoms with Crippen molar-refractivity contribution >= 4 is 17.6 Å². The Morgan fingerprint density at radius 2 is 1.49 bits per heavy atom. The van der Waals surface area contributed by atoms with Crippen LogP contribution in [0.25, 0.3) is 0 Å². The Labute approximate surface area is 223 Å². The van der Waals surface area contributed by atoms with E-state index < -0.39 is 17.7 Å². The van der Waals surface area contributed by atoms with Crippen molar-refractivity contribution in [3.63, 3.8) is 0 Å². The normalized spacial score (nSPS) is 13.7. The molecule has 0 aliphatic heterocycles. The first-order valence-corrected chi connectivity index (χ1v) is 14.6. The summed E-state index contributed by atoms with van der Waals surface area (Å²) < 4.78 is 5.52. The molecular formula is C29H52N4O4. The summed E-state index contributed by atoms with van der Waals surface area (Å²) in [4.78, 5) is 42.6. The summed E-state index contributed by atoms with van der Waals surface area (Å²) >= 11 is 0. The van der Waals surface area contributed by atoms with E-state index in [1.54, 1.807) is 0 Å². The van der Waals surface area contributed by atoms with Crippen LogP contribution in [0.2, 0.25) is 0 Å². The van der Waals surface area contributed by atoms with E-state index >= 15 is 0 Å². The minimum Gasteiger partial charge on any atom is -0.464 e. The van der Waals surface area contributed by atoms with Crippen LogP contribution in [0.1, 0.15) is 134 Å². The molecule has 37 heavy (non-hydrogen) atoms. The van der Waals surface area contributed by atoms with E-state index in [2.05, 4.69) is 16.9 Å². The molecule has 0 radical (unpaired) electrons. The molecule has 0 saturated carbocycles. The van der Waals surface area contributed by atoms with Gasteiger partial charge in [-0.3, -0.25) is 9.59 Å². The lowest BCUT2D eigenvalue weighted by atomic mass is 9.93. The molecule has 0 bridgehead atoms. The van der Waals surface area contributed by atoms with Crippen LogP contribution < -0.4 is 17.2 Å². The molecule has 1 aromatic heterocycles. The number of H-pyrrole nitrogens is 1. The molecule has 0 aliphatic rings. The zero-order valence-electron chi connectivity index (χ0n) is 23.6. The molecule has 1 aromatic rings. The highest BCUT2D eigenvalue weighted by Crippen LogP contribution is 2.21. The fourth-order valence-corrected chi connectivity index (χ4v) is 4.48. The van der Waals surface area contributed by atoms with E-state index in [1.165, 1.54) is 76.8 Å². The lowest BCUT2D eigenvalue weighted by molar-refractivity contribution is -0.148. The molecular weight excluding hydrogens is 468 g/mol. The number of carbonyl (C=O) groups is 2. The Kier molecular flexibility index (Phi) is 17.6. The Morgan fingerprint density at radius 1 is 0.946 bits per heavy atom. The molecule has 1 rings (SSSR count). The molecule has 1 unspecified atom stereocenters. The summed E-state index contributed by atoms with van der Waals surface area (Å²) in [6, 6.07) is -0.670. The van der Waals surface area contributed by atoms with Gasteiger partial charge in [-0.2, -0.15) is 4.98 Å². The average molecular weight is 521 g/mol. The average Bonchev–Trinajstić information content (AvgIpc) is 2.88. The lowest BCUT2D eigenvalue weighted by Crippen LogP contribution is -2.38. The Balaban J connectivity index is 2.44. The van der Waals surface area contributed by atoms with Gasteiger partial charge in [-0.05, 0) is 12.3 Å². The number of rotatable bonds is 22. The first-order valence-electron chi connectivity index (χ1n) is 14.6. The van der Waals surface area contributed by atoms with Gasteiger partial charge in [0, 0.05) is 18.5 Å². The van der Waals surface area contributed by atoms with Crippen molar-refractivity contribution in [3.8, 4) is 0 Å². The van der Waals surface area contributed by atoms with Crippen molar-refractivity contribution in [2.45, 2.75) is 130 Å². The van der Waals surface area contributed by atoms with Gasteiger partial charge in [-0.15, -0.1) is 0 Å². The number of hydrogen-bond acceptors (Lipinski definition) is 7. The number of nitrogens with one attached hydrogen (secondary N) is 1. The second kappa shape index (κ2) is 19.8. The molecule has 0 aliphatic carbocycles. The van der Waals surface area contributed by atoms with Crippen LogP contribution in [0.5, 0.6) is 0 Å². The van der Waals surface area contributed by atoms with Crippen LogP contribution in [-0.2, 0) is 9.53 Å². The molecule has 0 spiro atoms. The quantitative estimate of drug-likeness (QED) is 0.0975. The fourth-order valence-electron chi connectivity index (χ4n) is 4.48. The van der Waals surface area contributed by atoms with E-state index in [4.69, 9.17) is 16.2 Å². The highest BCUT2D eigenvalue weighted by Gasteiger charge is 2.24. The fraction of sp³-hybridized carbons (Fsp3) is 0.793. The smallest absolute Gasteiger partial charge is 0.346 e. The van der Waals surface area contributed by atoms with E-state index in [0.29, 0.717) is 0 Å². The van der Waals surface area contributed by atoms with E-state index in [9.17, 15) is 14.4 Å². The minimum absolute atomic E-state index is 0.0284. The molecule has 0 fully saturated rings. The maximum Gasteiger partial charge on any atom is 0.346 e. The molecule has 0 saturated heterocycles. The second-order valence-corrected chi connectivity index (χ2v) is 10.6. The number of ether oxygens (including phenoxy) is 1. The number of nitrogens with zero attached hydrogens (tertiary/aromatic N) is 1. The predicted molar refractivity (Wildman–Crippen MR) is 150 cm³/mol. The molecule has 212 valence electrons. The molecule has 3 atom stereocenters. The Bertz CT molecular complexity index is 826. The zero-order chi connectivity index (χ0) is 27.5. The number of nitrogens with two attached hydrogens (primary N) is 2. The predicted octanol–water partition coefficient (Wildman–Crippen LogP) is 5.94. The molecule has 0 amide bonds. The number of nitrogen functional groups attached to an aromatic ring is 1. The van der Waals surface area contributed by atoms with E-state index in [-0.39, 0.29) is 42.0 Å². The van der Waals surface area contributed by atoms with Crippen LogP contribution in [0, 0.1) is 11.8 Å². The van der Waals surface area contributed by atoms with Crippen LogP contribution in [-0.4, -0.2) is 34.4 Å². The van der Waals surface area contributed by atoms with E-state index in [0.717, 1.165) is 25.7 Å². The van der Waals surface area contributed by atoms with Crippen molar-refractivity contribution < 1.29 is 14.3 Å². The molecule has 8 heteroatoms. The number of esters is 1. The van der Waals surface area contributed by atoms with Crippen molar-refractivity contribution in [2.75, 3.05) is 12.3 Å². The Hall–Kier alpha value is -2.22. The topological polar surface area (TPSA) is 141 Å². The standard InChI is InChI=1S/C29H52N4O4/c1-4-6-7-8-9-10-11-12-13-14-15-16-17-18-23(21-37-28(35)26(30)22(3)5-2)19-25(34)24-20-32-29(36)33-27(24)31/h20,22-23,26H,4-19,21,30H2,1-3H3,(H3,31,32,33,36)/t22-,23?,26-/m0/s1.